The fourth-order valence-electron chi connectivity index (χ4n) is 2.98. The van der Waals surface area contributed by atoms with Gasteiger partial charge in [-0.15, -0.1) is 0 Å². The molecule has 0 bridgehead atoms. The van der Waals surface area contributed by atoms with Crippen LogP contribution in [-0.2, 0) is 0 Å². The van der Waals surface area contributed by atoms with E-state index in [0.29, 0.717) is 18.9 Å². The summed E-state index contributed by atoms with van der Waals surface area (Å²) in [6.45, 7) is 1.30. The molecule has 0 N–H and O–H groups in total. The third-order valence-corrected chi connectivity index (χ3v) is 5.22. The number of aromatic nitrogens is 2. The van der Waals surface area contributed by atoms with Crippen molar-refractivity contribution in [2.24, 2.45) is 5.41 Å². The van der Waals surface area contributed by atoms with Crippen LogP contribution in [0.5, 0.6) is 0 Å². The summed E-state index contributed by atoms with van der Waals surface area (Å²) in [5, 5.41) is 0.846. The average Bonchev–Trinajstić information content (AvgIpc) is 3.19. The van der Waals surface area contributed by atoms with Gasteiger partial charge in [-0.2, -0.15) is 4.37 Å². The third kappa shape index (κ3) is 1.57. The first-order valence-corrected chi connectivity index (χ1v) is 7.33. The first-order valence-electron chi connectivity index (χ1n) is 6.56. The summed E-state index contributed by atoms with van der Waals surface area (Å²) in [6.07, 6.45) is 3.92. The molecule has 0 amide bonds. The zero-order valence-corrected chi connectivity index (χ0v) is 10.8. The molecule has 0 aromatic carbocycles. The van der Waals surface area contributed by atoms with Gasteiger partial charge in [0.05, 0.1) is 5.41 Å². The molecule has 1 aromatic heterocycles. The predicted molar refractivity (Wildman–Crippen MR) is 65.3 cm³/mol. The van der Waals surface area contributed by atoms with Crippen LogP contribution >= 0.6 is 11.5 Å². The van der Waals surface area contributed by atoms with Crippen molar-refractivity contribution in [1.82, 2.24) is 9.36 Å². The first kappa shape index (κ1) is 11.1. The Morgan fingerprint density at radius 2 is 2.11 bits per heavy atom. The Bertz CT molecular complexity index is 485. The van der Waals surface area contributed by atoms with Crippen molar-refractivity contribution in [3.8, 4) is 0 Å². The molecule has 18 heavy (non-hydrogen) atoms. The molecule has 1 spiro atoms. The Balaban J connectivity index is 1.53. The van der Waals surface area contributed by atoms with Crippen LogP contribution in [0.15, 0.2) is 0 Å². The van der Waals surface area contributed by atoms with E-state index >= 15 is 0 Å². The van der Waals surface area contributed by atoms with Crippen LogP contribution in [0, 0.1) is 5.41 Å². The van der Waals surface area contributed by atoms with Crippen molar-refractivity contribution in [3.63, 3.8) is 0 Å². The molecular weight excluding hydrogens is 256 g/mol. The van der Waals surface area contributed by atoms with Crippen LogP contribution < -0.4 is 4.90 Å². The van der Waals surface area contributed by atoms with Crippen molar-refractivity contribution in [1.29, 1.82) is 0 Å². The van der Waals surface area contributed by atoms with Crippen molar-refractivity contribution in [2.75, 3.05) is 18.0 Å². The van der Waals surface area contributed by atoms with Crippen LogP contribution in [0.1, 0.15) is 43.8 Å². The van der Waals surface area contributed by atoms with Crippen LogP contribution in [0.3, 0.4) is 0 Å². The van der Waals surface area contributed by atoms with E-state index in [4.69, 9.17) is 0 Å². The van der Waals surface area contributed by atoms with E-state index in [9.17, 15) is 8.78 Å². The van der Waals surface area contributed by atoms with Crippen molar-refractivity contribution in [2.45, 2.75) is 43.9 Å². The number of rotatable bonds is 2. The maximum atomic E-state index is 13.4. The van der Waals surface area contributed by atoms with Crippen molar-refractivity contribution >= 4 is 16.7 Å². The van der Waals surface area contributed by atoms with E-state index in [-0.39, 0.29) is 6.42 Å². The van der Waals surface area contributed by atoms with Gasteiger partial charge < -0.3 is 4.90 Å². The topological polar surface area (TPSA) is 29.0 Å². The summed E-state index contributed by atoms with van der Waals surface area (Å²) in [4.78, 5) is 6.55. The van der Waals surface area contributed by atoms with E-state index in [0.717, 1.165) is 23.9 Å². The van der Waals surface area contributed by atoms with E-state index in [2.05, 4.69) is 9.36 Å². The summed E-state index contributed by atoms with van der Waals surface area (Å²) in [5.74, 6) is -0.983. The Kier molecular flexibility index (Phi) is 2.10. The number of alkyl halides is 2. The number of hydrogen-bond donors (Lipinski definition) is 0. The molecule has 1 aliphatic heterocycles. The monoisotopic (exact) mass is 271 g/mol. The highest BCUT2D eigenvalue weighted by Gasteiger charge is 2.71. The summed E-state index contributed by atoms with van der Waals surface area (Å²) < 4.78 is 31.3. The molecule has 3 nitrogen and oxygen atoms in total. The Morgan fingerprint density at radius 1 is 1.33 bits per heavy atom. The van der Waals surface area contributed by atoms with Gasteiger partial charge in [0.1, 0.15) is 5.82 Å². The molecule has 2 aliphatic carbocycles. The quantitative estimate of drug-likeness (QED) is 0.828. The van der Waals surface area contributed by atoms with E-state index < -0.39 is 11.3 Å². The van der Waals surface area contributed by atoms with E-state index in [1.807, 2.05) is 4.90 Å². The molecule has 4 rings (SSSR count). The number of hydrogen-bond acceptors (Lipinski definition) is 4. The minimum atomic E-state index is -2.45. The molecule has 0 radical (unpaired) electrons. The molecule has 98 valence electrons. The SMILES string of the molecule is FC1(F)CC12CCCN(c1nc(C3CC3)ns1)C2. The maximum absolute atomic E-state index is 13.4. The van der Waals surface area contributed by atoms with Gasteiger partial charge in [-0.3, -0.25) is 0 Å². The lowest BCUT2D eigenvalue weighted by molar-refractivity contribution is 0.0575. The standard InChI is InChI=1S/C12H15F2N3S/c13-12(14)6-11(12)4-1-5-17(7-11)10-15-9(16-18-10)8-2-3-8/h8H,1-7H2. The minimum Gasteiger partial charge on any atom is -0.346 e. The minimum absolute atomic E-state index is 0.0603. The van der Waals surface area contributed by atoms with Gasteiger partial charge >= 0.3 is 0 Å². The second-order valence-corrected chi connectivity index (χ2v) is 6.63. The van der Waals surface area contributed by atoms with Gasteiger partial charge in [0.25, 0.3) is 5.92 Å². The van der Waals surface area contributed by atoms with Crippen LogP contribution in [0.25, 0.3) is 0 Å². The van der Waals surface area contributed by atoms with Crippen LogP contribution in [-0.4, -0.2) is 28.4 Å². The summed E-state index contributed by atoms with van der Waals surface area (Å²) in [7, 11) is 0. The molecule has 3 aliphatic rings. The number of piperidine rings is 1. The maximum Gasteiger partial charge on any atom is 0.256 e. The molecule has 1 unspecified atom stereocenters. The van der Waals surface area contributed by atoms with Crippen molar-refractivity contribution in [3.05, 3.63) is 5.82 Å². The van der Waals surface area contributed by atoms with Gasteiger partial charge in [0.15, 0.2) is 0 Å². The largest absolute Gasteiger partial charge is 0.346 e. The number of nitrogens with zero attached hydrogens (tertiary/aromatic N) is 3. The van der Waals surface area contributed by atoms with Gasteiger partial charge in [0, 0.05) is 37.0 Å². The molecule has 1 atom stereocenters. The van der Waals surface area contributed by atoms with Gasteiger partial charge in [-0.05, 0) is 25.7 Å². The lowest BCUT2D eigenvalue weighted by atomic mass is 9.95. The highest BCUT2D eigenvalue weighted by Crippen LogP contribution is 2.64. The zero-order chi connectivity index (χ0) is 12.4. The van der Waals surface area contributed by atoms with Crippen molar-refractivity contribution < 1.29 is 8.78 Å². The Hall–Kier alpha value is -0.780. The zero-order valence-electron chi connectivity index (χ0n) is 10.0. The normalized spacial score (nSPS) is 34.0. The molecule has 2 heterocycles. The third-order valence-electron chi connectivity index (χ3n) is 4.43. The number of halogens is 2. The predicted octanol–water partition coefficient (Wildman–Crippen LogP) is 3.04. The molecule has 1 saturated heterocycles. The van der Waals surface area contributed by atoms with Gasteiger partial charge in [-0.25, -0.2) is 13.8 Å². The molecule has 2 saturated carbocycles. The lowest BCUT2D eigenvalue weighted by Crippen LogP contribution is -2.39. The average molecular weight is 271 g/mol. The highest BCUT2D eigenvalue weighted by atomic mass is 32.1. The fourth-order valence-corrected chi connectivity index (χ4v) is 3.75. The summed E-state index contributed by atoms with van der Waals surface area (Å²) in [6, 6.07) is 0. The molecule has 6 heteroatoms. The van der Waals surface area contributed by atoms with Crippen LogP contribution in [0.4, 0.5) is 13.9 Å². The molecule has 3 fully saturated rings. The lowest BCUT2D eigenvalue weighted by Gasteiger charge is -2.32. The number of anilines is 1. The smallest absolute Gasteiger partial charge is 0.256 e. The van der Waals surface area contributed by atoms with Gasteiger partial charge in [-0.1, -0.05) is 0 Å². The molecular formula is C12H15F2N3S. The fraction of sp³-hybridized carbons (Fsp3) is 0.833. The Labute approximate surface area is 108 Å². The van der Waals surface area contributed by atoms with E-state index in [1.54, 1.807) is 0 Å². The second-order valence-electron chi connectivity index (χ2n) is 5.90. The summed E-state index contributed by atoms with van der Waals surface area (Å²) in [5.41, 5.74) is -0.753. The van der Waals surface area contributed by atoms with Gasteiger partial charge in [0.2, 0.25) is 5.13 Å². The first-order chi connectivity index (χ1) is 8.60. The molecule has 1 aromatic rings. The summed E-state index contributed by atoms with van der Waals surface area (Å²) >= 11 is 1.37. The second kappa shape index (κ2) is 3.40. The van der Waals surface area contributed by atoms with E-state index in [1.165, 1.54) is 24.4 Å². The Morgan fingerprint density at radius 3 is 2.78 bits per heavy atom. The van der Waals surface area contributed by atoms with Crippen LogP contribution in [0.2, 0.25) is 0 Å². The highest BCUT2D eigenvalue weighted by molar-refractivity contribution is 7.09.